The average molecular weight is 433 g/mol. The maximum Gasteiger partial charge on any atom is 0.261 e. The summed E-state index contributed by atoms with van der Waals surface area (Å²) >= 11 is 6.09. The van der Waals surface area contributed by atoms with Crippen molar-refractivity contribution in [2.75, 3.05) is 13.7 Å². The highest BCUT2D eigenvalue weighted by Gasteiger charge is 2.28. The predicted octanol–water partition coefficient (Wildman–Crippen LogP) is 4.06. The lowest BCUT2D eigenvalue weighted by atomic mass is 10.1. The first-order valence-corrected chi connectivity index (χ1v) is 10.1. The third-order valence-electron chi connectivity index (χ3n) is 4.33. The van der Waals surface area contributed by atoms with Crippen LogP contribution in [0.1, 0.15) is 33.3 Å². The number of carbonyl (C=O) groups is 2. The number of amides is 2. The number of nitrogens with one attached hydrogen (secondary N) is 1. The first-order valence-electron chi connectivity index (χ1n) is 9.72. The van der Waals surface area contributed by atoms with E-state index in [9.17, 15) is 9.59 Å². The van der Waals surface area contributed by atoms with E-state index in [-0.39, 0.29) is 25.0 Å². The molecule has 0 bridgehead atoms. The number of halogens is 1. The molecule has 1 N–H and O–H groups in total. The quantitative estimate of drug-likeness (QED) is 0.683. The second kappa shape index (κ2) is 10.3. The molecule has 1 atom stereocenters. The molecule has 0 fully saturated rings. The SMILES string of the molecule is COc1ccccc1OCC(=O)N(Cc1cccc(Cl)c1)[C@H](C)C(=O)NC(C)(C)C. The van der Waals surface area contributed by atoms with Crippen molar-refractivity contribution in [3.05, 3.63) is 59.1 Å². The summed E-state index contributed by atoms with van der Waals surface area (Å²) < 4.78 is 10.9. The van der Waals surface area contributed by atoms with Gasteiger partial charge in [0.15, 0.2) is 18.1 Å². The molecule has 2 rings (SSSR count). The number of para-hydroxylation sites is 2. The van der Waals surface area contributed by atoms with Gasteiger partial charge in [0, 0.05) is 17.1 Å². The highest BCUT2D eigenvalue weighted by molar-refractivity contribution is 6.30. The minimum absolute atomic E-state index is 0.228. The largest absolute Gasteiger partial charge is 0.493 e. The van der Waals surface area contributed by atoms with Gasteiger partial charge in [-0.25, -0.2) is 0 Å². The maximum atomic E-state index is 13.1. The van der Waals surface area contributed by atoms with Gasteiger partial charge < -0.3 is 19.7 Å². The molecule has 0 aromatic heterocycles. The number of carbonyl (C=O) groups excluding carboxylic acids is 2. The van der Waals surface area contributed by atoms with Crippen molar-refractivity contribution in [3.8, 4) is 11.5 Å². The zero-order valence-corrected chi connectivity index (χ0v) is 18.8. The molecule has 0 radical (unpaired) electrons. The van der Waals surface area contributed by atoms with Crippen molar-refractivity contribution in [1.29, 1.82) is 0 Å². The van der Waals surface area contributed by atoms with Gasteiger partial charge in [-0.1, -0.05) is 35.9 Å². The van der Waals surface area contributed by atoms with Crippen molar-refractivity contribution in [2.24, 2.45) is 0 Å². The van der Waals surface area contributed by atoms with Crippen molar-refractivity contribution in [2.45, 2.75) is 45.8 Å². The smallest absolute Gasteiger partial charge is 0.261 e. The van der Waals surface area contributed by atoms with Gasteiger partial charge in [-0.05, 0) is 57.5 Å². The lowest BCUT2D eigenvalue weighted by Crippen LogP contribution is -2.53. The zero-order chi connectivity index (χ0) is 22.3. The summed E-state index contributed by atoms with van der Waals surface area (Å²) in [4.78, 5) is 27.3. The first kappa shape index (κ1) is 23.5. The van der Waals surface area contributed by atoms with Gasteiger partial charge in [-0.15, -0.1) is 0 Å². The second-order valence-electron chi connectivity index (χ2n) is 8.01. The van der Waals surface area contributed by atoms with Crippen LogP contribution in [0.5, 0.6) is 11.5 Å². The molecule has 162 valence electrons. The zero-order valence-electron chi connectivity index (χ0n) is 18.1. The van der Waals surface area contributed by atoms with E-state index in [1.54, 1.807) is 37.3 Å². The Balaban J connectivity index is 2.20. The molecule has 30 heavy (non-hydrogen) atoms. The number of hydrogen-bond donors (Lipinski definition) is 1. The van der Waals surface area contributed by atoms with Crippen LogP contribution in [0.15, 0.2) is 48.5 Å². The molecule has 6 nitrogen and oxygen atoms in total. The van der Waals surface area contributed by atoms with E-state index in [1.165, 1.54) is 12.0 Å². The van der Waals surface area contributed by atoms with E-state index in [0.29, 0.717) is 16.5 Å². The van der Waals surface area contributed by atoms with Crippen molar-refractivity contribution in [3.63, 3.8) is 0 Å². The van der Waals surface area contributed by atoms with E-state index < -0.39 is 11.6 Å². The van der Waals surface area contributed by atoms with Gasteiger partial charge in [0.05, 0.1) is 7.11 Å². The van der Waals surface area contributed by atoms with Gasteiger partial charge in [0.2, 0.25) is 5.91 Å². The molecular formula is C23H29ClN2O4. The van der Waals surface area contributed by atoms with Crippen LogP contribution in [0.2, 0.25) is 5.02 Å². The van der Waals surface area contributed by atoms with Gasteiger partial charge >= 0.3 is 0 Å². The molecule has 7 heteroatoms. The van der Waals surface area contributed by atoms with E-state index in [2.05, 4.69) is 5.32 Å². The Bertz CT molecular complexity index is 880. The third-order valence-corrected chi connectivity index (χ3v) is 4.56. The third kappa shape index (κ3) is 6.95. The molecule has 2 aromatic rings. The minimum Gasteiger partial charge on any atom is -0.493 e. The fourth-order valence-electron chi connectivity index (χ4n) is 2.85. The molecule has 2 amide bonds. The fourth-order valence-corrected chi connectivity index (χ4v) is 3.06. The van der Waals surface area contributed by atoms with Crippen LogP contribution >= 0.6 is 11.6 Å². The number of benzene rings is 2. The molecule has 0 aliphatic carbocycles. The maximum absolute atomic E-state index is 13.1. The standard InChI is InChI=1S/C23H29ClN2O4/c1-16(22(28)25-23(2,3)4)26(14-17-9-8-10-18(24)13-17)21(27)15-30-20-12-7-6-11-19(20)29-5/h6-13,16H,14-15H2,1-5H3,(H,25,28)/t16-/m1/s1. The van der Waals surface area contributed by atoms with Crippen molar-refractivity contribution < 1.29 is 19.1 Å². The lowest BCUT2D eigenvalue weighted by Gasteiger charge is -2.31. The topological polar surface area (TPSA) is 67.9 Å². The summed E-state index contributed by atoms with van der Waals surface area (Å²) in [7, 11) is 1.54. The van der Waals surface area contributed by atoms with Crippen LogP contribution in [-0.2, 0) is 16.1 Å². The monoisotopic (exact) mass is 432 g/mol. The van der Waals surface area contributed by atoms with E-state index >= 15 is 0 Å². The van der Waals surface area contributed by atoms with E-state index in [1.807, 2.05) is 39.0 Å². The Hall–Kier alpha value is -2.73. The molecule has 0 saturated carbocycles. The second-order valence-corrected chi connectivity index (χ2v) is 8.44. The Morgan fingerprint density at radius 1 is 1.10 bits per heavy atom. The number of ether oxygens (including phenoxy) is 2. The fraction of sp³-hybridized carbons (Fsp3) is 0.391. The molecule has 0 aliphatic rings. The molecular weight excluding hydrogens is 404 g/mol. The normalized spacial score (nSPS) is 12.1. The van der Waals surface area contributed by atoms with Gasteiger partial charge in [0.25, 0.3) is 5.91 Å². The Kier molecular flexibility index (Phi) is 8.12. The van der Waals surface area contributed by atoms with Crippen LogP contribution in [0.25, 0.3) is 0 Å². The summed E-state index contributed by atoms with van der Waals surface area (Å²) in [5.41, 5.74) is 0.410. The van der Waals surface area contributed by atoms with E-state index in [0.717, 1.165) is 5.56 Å². The summed E-state index contributed by atoms with van der Waals surface area (Å²) in [6, 6.07) is 13.6. The summed E-state index contributed by atoms with van der Waals surface area (Å²) in [6.45, 7) is 7.39. The number of rotatable bonds is 8. The average Bonchev–Trinajstić information content (AvgIpc) is 2.68. The summed E-state index contributed by atoms with van der Waals surface area (Å²) in [5.74, 6) is 0.431. The summed E-state index contributed by atoms with van der Waals surface area (Å²) in [6.07, 6.45) is 0. The van der Waals surface area contributed by atoms with Gasteiger partial charge in [0.1, 0.15) is 6.04 Å². The predicted molar refractivity (Wildman–Crippen MR) is 118 cm³/mol. The Labute approximate surface area is 183 Å². The summed E-state index contributed by atoms with van der Waals surface area (Å²) in [5, 5.41) is 3.49. The minimum atomic E-state index is -0.697. The molecule has 0 spiro atoms. The number of nitrogens with zero attached hydrogens (tertiary/aromatic N) is 1. The lowest BCUT2D eigenvalue weighted by molar-refractivity contribution is -0.142. The van der Waals surface area contributed by atoms with Gasteiger partial charge in [-0.3, -0.25) is 9.59 Å². The highest BCUT2D eigenvalue weighted by atomic mass is 35.5. The van der Waals surface area contributed by atoms with Crippen LogP contribution in [0.4, 0.5) is 0 Å². The Morgan fingerprint density at radius 3 is 2.37 bits per heavy atom. The molecule has 0 saturated heterocycles. The number of methoxy groups -OCH3 is 1. The molecule has 2 aromatic carbocycles. The van der Waals surface area contributed by atoms with Crippen molar-refractivity contribution >= 4 is 23.4 Å². The number of hydrogen-bond acceptors (Lipinski definition) is 4. The van der Waals surface area contributed by atoms with Crippen LogP contribution < -0.4 is 14.8 Å². The van der Waals surface area contributed by atoms with Crippen LogP contribution in [0, 0.1) is 0 Å². The molecule has 0 unspecified atom stereocenters. The van der Waals surface area contributed by atoms with Crippen molar-refractivity contribution in [1.82, 2.24) is 10.2 Å². The first-order chi connectivity index (χ1) is 14.1. The molecule has 0 aliphatic heterocycles. The van der Waals surface area contributed by atoms with E-state index in [4.69, 9.17) is 21.1 Å². The molecule has 0 heterocycles. The van der Waals surface area contributed by atoms with Crippen LogP contribution in [0.3, 0.4) is 0 Å². The highest BCUT2D eigenvalue weighted by Crippen LogP contribution is 2.26. The van der Waals surface area contributed by atoms with Crippen LogP contribution in [-0.4, -0.2) is 42.0 Å². The van der Waals surface area contributed by atoms with Gasteiger partial charge in [-0.2, -0.15) is 0 Å². The Morgan fingerprint density at radius 2 is 1.77 bits per heavy atom.